The molecule has 0 aromatic rings. The lowest BCUT2D eigenvalue weighted by molar-refractivity contribution is -0.140. The zero-order chi connectivity index (χ0) is 20.2. The fraction of sp³-hybridized carbons (Fsp3) is 0.375. The Bertz CT molecular complexity index is 851. The van der Waals surface area contributed by atoms with E-state index in [0.29, 0.717) is 11.0 Å². The summed E-state index contributed by atoms with van der Waals surface area (Å²) in [5.74, 6) is -3.60. The Labute approximate surface area is 162 Å². The van der Waals surface area contributed by atoms with Crippen LogP contribution in [-0.4, -0.2) is 71.1 Å². The molecule has 2 rings (SSSR count). The molecule has 2 aliphatic heterocycles. The van der Waals surface area contributed by atoms with E-state index in [0.717, 1.165) is 24.0 Å². The number of hydrogen-bond donors (Lipinski definition) is 1. The van der Waals surface area contributed by atoms with E-state index in [4.69, 9.17) is 4.55 Å². The minimum absolute atomic E-state index is 0. The molecule has 156 valence electrons. The van der Waals surface area contributed by atoms with Gasteiger partial charge >= 0.3 is 0 Å². The number of Topliss-reactive ketones (excluding diaryl/α,β-unsaturated/α-hetero) is 2. The van der Waals surface area contributed by atoms with Crippen molar-refractivity contribution in [1.82, 2.24) is 9.80 Å². The van der Waals surface area contributed by atoms with Crippen molar-refractivity contribution in [2.45, 2.75) is 28.7 Å². The van der Waals surface area contributed by atoms with Crippen LogP contribution in [0.2, 0.25) is 0 Å². The number of rotatable bonds is 5. The fourth-order valence-corrected chi connectivity index (χ4v) is 2.43. The van der Waals surface area contributed by atoms with Gasteiger partial charge in [0, 0.05) is 18.2 Å². The summed E-state index contributed by atoms with van der Waals surface area (Å²) >= 11 is 0. The van der Waals surface area contributed by atoms with Crippen LogP contribution < -0.4 is 0 Å². The van der Waals surface area contributed by atoms with Crippen molar-refractivity contribution in [3.63, 3.8) is 0 Å². The van der Waals surface area contributed by atoms with Crippen LogP contribution in [0.5, 0.6) is 0 Å². The second kappa shape index (κ2) is 10.4. The molecular formula is C16H22N2O9S. The van der Waals surface area contributed by atoms with E-state index in [1.807, 2.05) is 0 Å². The van der Waals surface area contributed by atoms with Crippen LogP contribution in [0.15, 0.2) is 23.1 Å². The third-order valence-electron chi connectivity index (χ3n) is 2.92. The summed E-state index contributed by atoms with van der Waals surface area (Å²) in [6.07, 6.45) is 2.80. The monoisotopic (exact) mass is 418 g/mol. The summed E-state index contributed by atoms with van der Waals surface area (Å²) in [5, 5.41) is 0. The predicted octanol–water partition coefficient (Wildman–Crippen LogP) is -0.511. The molecule has 0 aromatic heterocycles. The summed E-state index contributed by atoms with van der Waals surface area (Å²) in [5.41, 5.74) is 0. The van der Waals surface area contributed by atoms with E-state index >= 15 is 0 Å². The molecule has 0 unspecified atom stereocenters. The lowest BCUT2D eigenvalue weighted by Gasteiger charge is -2.11. The van der Waals surface area contributed by atoms with E-state index in [2.05, 4.69) is 0 Å². The summed E-state index contributed by atoms with van der Waals surface area (Å²) < 4.78 is 29.8. The van der Waals surface area contributed by atoms with Crippen molar-refractivity contribution in [2.75, 3.05) is 13.1 Å². The van der Waals surface area contributed by atoms with Gasteiger partial charge in [0.25, 0.3) is 33.7 Å². The number of amides is 4. The van der Waals surface area contributed by atoms with Gasteiger partial charge in [0.05, 0.1) is 13.1 Å². The number of hydrogen-bond acceptors (Lipinski definition) is 8. The molecule has 2 heterocycles. The van der Waals surface area contributed by atoms with Gasteiger partial charge in [0.2, 0.25) is 0 Å². The lowest BCUT2D eigenvalue weighted by Crippen LogP contribution is -2.35. The van der Waals surface area contributed by atoms with Crippen LogP contribution in [0.1, 0.15) is 28.7 Å². The number of nitrogens with zero attached hydrogens (tertiary/aromatic N) is 2. The molecule has 2 aliphatic rings. The van der Waals surface area contributed by atoms with Gasteiger partial charge < -0.3 is 0 Å². The van der Waals surface area contributed by atoms with E-state index in [1.54, 1.807) is 0 Å². The molecule has 12 heteroatoms. The Balaban J connectivity index is 0. The Morgan fingerprint density at radius 1 is 0.857 bits per heavy atom. The number of carbonyl (C=O) groups excluding carboxylic acids is 6. The average Bonchev–Trinajstić information content (AvgIpc) is 2.94. The molecule has 0 radical (unpaired) electrons. The van der Waals surface area contributed by atoms with E-state index in [-0.39, 0.29) is 27.2 Å². The van der Waals surface area contributed by atoms with Gasteiger partial charge in [-0.2, -0.15) is 8.42 Å². The zero-order valence-electron chi connectivity index (χ0n) is 13.7. The minimum atomic E-state index is -4.72. The average molecular weight is 418 g/mol. The van der Waals surface area contributed by atoms with Gasteiger partial charge in [-0.05, 0) is 13.8 Å². The zero-order valence-corrected chi connectivity index (χ0v) is 14.5. The Morgan fingerprint density at radius 2 is 1.25 bits per heavy atom. The fourth-order valence-electron chi connectivity index (χ4n) is 1.85. The molecule has 28 heavy (non-hydrogen) atoms. The normalized spacial score (nSPS) is 15.5. The number of ketones is 2. The predicted molar refractivity (Wildman–Crippen MR) is 97.0 cm³/mol. The highest BCUT2D eigenvalue weighted by Crippen LogP contribution is 2.17. The van der Waals surface area contributed by atoms with Gasteiger partial charge in [0.1, 0.15) is 11.6 Å². The van der Waals surface area contributed by atoms with Crippen LogP contribution in [0, 0.1) is 0 Å². The number of imide groups is 2. The van der Waals surface area contributed by atoms with Crippen molar-refractivity contribution in [3.05, 3.63) is 23.1 Å². The lowest BCUT2D eigenvalue weighted by atomic mass is 10.4. The van der Waals surface area contributed by atoms with E-state index in [1.165, 1.54) is 6.92 Å². The number of carbonyl (C=O) groups is 6. The van der Waals surface area contributed by atoms with E-state index < -0.39 is 51.0 Å². The SMILES string of the molecule is C.C.CC(=O)CN1C(=O)C=C(S(=O)(=O)O)C1=O.CC(=O)CN1C(=O)C=CC1=O. The summed E-state index contributed by atoms with van der Waals surface area (Å²) in [6, 6.07) is 0. The van der Waals surface area contributed by atoms with Crippen LogP contribution >= 0.6 is 0 Å². The first-order valence-corrected chi connectivity index (χ1v) is 8.36. The van der Waals surface area contributed by atoms with Gasteiger partial charge in [-0.25, -0.2) is 0 Å². The van der Waals surface area contributed by atoms with Crippen molar-refractivity contribution in [2.24, 2.45) is 0 Å². The molecule has 0 fully saturated rings. The maximum absolute atomic E-state index is 11.2. The standard InChI is InChI=1S/C7H7NO6S.C7H7NO3.2CH4/c1-4(9)3-8-6(10)2-5(7(8)11)15(12,13)14;1-5(9)4-8-6(10)2-3-7(8)11;;/h2H,3H2,1H3,(H,12,13,14);2-3H,4H2,1H3;2*1H4. The molecule has 0 saturated carbocycles. The largest absolute Gasteiger partial charge is 0.300 e. The molecule has 1 N–H and O–H groups in total. The highest BCUT2D eigenvalue weighted by Gasteiger charge is 2.38. The first kappa shape index (κ1) is 27.2. The maximum Gasteiger partial charge on any atom is 0.300 e. The highest BCUT2D eigenvalue weighted by atomic mass is 32.2. The first-order valence-electron chi connectivity index (χ1n) is 6.92. The Hall–Kier alpha value is -2.99. The molecule has 11 nitrogen and oxygen atoms in total. The van der Waals surface area contributed by atoms with Gasteiger partial charge in [-0.15, -0.1) is 0 Å². The quantitative estimate of drug-likeness (QED) is 0.457. The second-order valence-electron chi connectivity index (χ2n) is 5.21. The first-order chi connectivity index (χ1) is 11.8. The smallest absolute Gasteiger partial charge is 0.298 e. The van der Waals surface area contributed by atoms with Gasteiger partial charge in [0.15, 0.2) is 4.91 Å². The topological polar surface area (TPSA) is 163 Å². The van der Waals surface area contributed by atoms with Crippen molar-refractivity contribution in [1.29, 1.82) is 0 Å². The van der Waals surface area contributed by atoms with Crippen LogP contribution in [0.4, 0.5) is 0 Å². The van der Waals surface area contributed by atoms with Gasteiger partial charge in [-0.1, -0.05) is 14.9 Å². The van der Waals surface area contributed by atoms with Crippen LogP contribution in [0.3, 0.4) is 0 Å². The Morgan fingerprint density at radius 3 is 1.57 bits per heavy atom. The molecule has 0 aliphatic carbocycles. The summed E-state index contributed by atoms with van der Waals surface area (Å²) in [6.45, 7) is 1.85. The summed E-state index contributed by atoms with van der Waals surface area (Å²) in [4.78, 5) is 65.4. The molecule has 0 aromatic carbocycles. The van der Waals surface area contributed by atoms with Crippen molar-refractivity contribution in [3.8, 4) is 0 Å². The third-order valence-corrected chi connectivity index (χ3v) is 3.76. The van der Waals surface area contributed by atoms with Crippen molar-refractivity contribution < 1.29 is 41.7 Å². The van der Waals surface area contributed by atoms with E-state index in [9.17, 15) is 37.2 Å². The van der Waals surface area contributed by atoms with Crippen LogP contribution in [0.25, 0.3) is 0 Å². The second-order valence-corrected chi connectivity index (χ2v) is 6.60. The summed E-state index contributed by atoms with van der Waals surface area (Å²) in [7, 11) is -4.72. The molecule has 0 spiro atoms. The van der Waals surface area contributed by atoms with Crippen LogP contribution in [-0.2, 0) is 38.9 Å². The molecule has 0 atom stereocenters. The maximum atomic E-state index is 11.2. The highest BCUT2D eigenvalue weighted by molar-refractivity contribution is 7.91. The Kier molecular flexibility index (Phi) is 10.1. The molecular weight excluding hydrogens is 396 g/mol. The third kappa shape index (κ3) is 6.96. The molecule has 4 amide bonds. The molecule has 0 bridgehead atoms. The minimum Gasteiger partial charge on any atom is -0.298 e. The van der Waals surface area contributed by atoms with Gasteiger partial charge in [-0.3, -0.25) is 43.1 Å². The van der Waals surface area contributed by atoms with Crippen molar-refractivity contribution >= 4 is 45.3 Å². The molecule has 0 saturated heterocycles.